The molecule has 1 saturated carbocycles. The zero-order valence-electron chi connectivity index (χ0n) is 23.9. The fourth-order valence-electron chi connectivity index (χ4n) is 8.11. The number of rotatable bonds is 5. The van der Waals surface area contributed by atoms with Gasteiger partial charge in [-0.1, -0.05) is 44.2 Å². The van der Waals surface area contributed by atoms with Gasteiger partial charge in [0.1, 0.15) is 0 Å². The van der Waals surface area contributed by atoms with Gasteiger partial charge in [0.2, 0.25) is 0 Å². The minimum atomic E-state index is -0.318. The Kier molecular flexibility index (Phi) is 8.24. The summed E-state index contributed by atoms with van der Waals surface area (Å²) in [4.78, 5) is 49.1. The number of aromatic nitrogens is 2. The number of amides is 1. The topological polar surface area (TPSA) is 84.7 Å². The van der Waals surface area contributed by atoms with E-state index in [9.17, 15) is 14.4 Å². The number of para-hydroxylation sites is 2. The molecule has 6 rings (SSSR count). The minimum absolute atomic E-state index is 0.0167. The van der Waals surface area contributed by atoms with Crippen LogP contribution in [0.15, 0.2) is 29.1 Å². The Morgan fingerprint density at radius 3 is 2.17 bits per heavy atom. The molecule has 2 atom stereocenters. The van der Waals surface area contributed by atoms with Gasteiger partial charge in [-0.25, -0.2) is 4.98 Å². The van der Waals surface area contributed by atoms with Crippen molar-refractivity contribution in [3.63, 3.8) is 0 Å². The first-order valence-corrected chi connectivity index (χ1v) is 15.8. The lowest BCUT2D eigenvalue weighted by molar-refractivity contribution is -0.149. The lowest BCUT2D eigenvalue weighted by atomic mass is 9.89. The SMILES string of the molecule is CCOC(=O)C1CCN(C(=O)c2nc3ccccc3n(C3CC4CCC(C3)N4C3CCCCCCC3)c2=O)CC1. The molecule has 8 heteroatoms. The summed E-state index contributed by atoms with van der Waals surface area (Å²) < 4.78 is 7.10. The van der Waals surface area contributed by atoms with Crippen molar-refractivity contribution in [3.8, 4) is 0 Å². The summed E-state index contributed by atoms with van der Waals surface area (Å²) in [5, 5.41) is 0. The number of esters is 1. The Balaban J connectivity index is 1.25. The van der Waals surface area contributed by atoms with Gasteiger partial charge in [0, 0.05) is 37.3 Å². The molecule has 4 aliphatic rings. The summed E-state index contributed by atoms with van der Waals surface area (Å²) >= 11 is 0. The third kappa shape index (κ3) is 5.31. The van der Waals surface area contributed by atoms with Crippen LogP contribution in [0, 0.1) is 5.92 Å². The first-order chi connectivity index (χ1) is 19.5. The third-order valence-corrected chi connectivity index (χ3v) is 10.0. The van der Waals surface area contributed by atoms with E-state index in [4.69, 9.17) is 4.74 Å². The van der Waals surface area contributed by atoms with Crippen molar-refractivity contribution in [2.75, 3.05) is 19.7 Å². The zero-order chi connectivity index (χ0) is 27.6. The number of carbonyl (C=O) groups excluding carboxylic acids is 2. The van der Waals surface area contributed by atoms with Gasteiger partial charge in [0.25, 0.3) is 11.5 Å². The number of ether oxygens (including phenoxy) is 1. The molecule has 4 heterocycles. The average molecular weight is 549 g/mol. The summed E-state index contributed by atoms with van der Waals surface area (Å²) in [7, 11) is 0. The standard InChI is InChI=1S/C32H44N4O4/c1-2-40-32(39)22-16-18-34(19-17-22)30(37)29-31(38)36(28-13-9-8-12-27(28)33-29)26-20-24-14-15-25(21-26)35(24)23-10-6-4-3-5-7-11-23/h8-9,12-13,22-26H,2-7,10-11,14-21H2,1H3. The zero-order valence-corrected chi connectivity index (χ0v) is 23.9. The minimum Gasteiger partial charge on any atom is -0.466 e. The smallest absolute Gasteiger partial charge is 0.309 e. The second-order valence-corrected chi connectivity index (χ2v) is 12.4. The molecular formula is C32H44N4O4. The Morgan fingerprint density at radius 1 is 0.850 bits per heavy atom. The molecule has 0 radical (unpaired) electrons. The molecule has 1 aliphatic carbocycles. The maximum atomic E-state index is 14.1. The van der Waals surface area contributed by atoms with E-state index in [1.54, 1.807) is 11.8 Å². The molecule has 3 saturated heterocycles. The molecule has 216 valence electrons. The van der Waals surface area contributed by atoms with E-state index < -0.39 is 0 Å². The first kappa shape index (κ1) is 27.4. The van der Waals surface area contributed by atoms with E-state index >= 15 is 0 Å². The summed E-state index contributed by atoms with van der Waals surface area (Å²) in [5.74, 6) is -0.702. The number of nitrogens with zero attached hydrogens (tertiary/aromatic N) is 4. The van der Waals surface area contributed by atoms with Crippen molar-refractivity contribution in [2.45, 2.75) is 115 Å². The molecule has 8 nitrogen and oxygen atoms in total. The van der Waals surface area contributed by atoms with Crippen molar-refractivity contribution in [1.29, 1.82) is 0 Å². The predicted molar refractivity (Wildman–Crippen MR) is 154 cm³/mol. The van der Waals surface area contributed by atoms with Crippen LogP contribution in [0.3, 0.4) is 0 Å². The first-order valence-electron chi connectivity index (χ1n) is 15.8. The van der Waals surface area contributed by atoms with Crippen LogP contribution in [0.25, 0.3) is 11.0 Å². The van der Waals surface area contributed by atoms with Crippen molar-refractivity contribution in [3.05, 3.63) is 40.3 Å². The number of benzene rings is 1. The number of likely N-dealkylation sites (tertiary alicyclic amines) is 1. The molecule has 1 aromatic heterocycles. The average Bonchev–Trinajstić information content (AvgIpc) is 3.21. The highest BCUT2D eigenvalue weighted by Crippen LogP contribution is 2.44. The van der Waals surface area contributed by atoms with Crippen LogP contribution in [0.1, 0.15) is 107 Å². The molecule has 2 aromatic rings. The lowest BCUT2D eigenvalue weighted by Crippen LogP contribution is -2.50. The third-order valence-electron chi connectivity index (χ3n) is 10.0. The van der Waals surface area contributed by atoms with Gasteiger partial charge >= 0.3 is 5.97 Å². The van der Waals surface area contributed by atoms with Gasteiger partial charge in [0.15, 0.2) is 5.69 Å². The molecule has 1 amide bonds. The number of hydrogen-bond donors (Lipinski definition) is 0. The van der Waals surface area contributed by atoms with E-state index in [1.165, 1.54) is 57.8 Å². The monoisotopic (exact) mass is 548 g/mol. The quantitative estimate of drug-likeness (QED) is 0.484. The van der Waals surface area contributed by atoms with Crippen LogP contribution in [0.5, 0.6) is 0 Å². The maximum Gasteiger partial charge on any atom is 0.309 e. The van der Waals surface area contributed by atoms with Crippen molar-refractivity contribution in [2.24, 2.45) is 5.92 Å². The Labute approximate surface area is 237 Å². The maximum absolute atomic E-state index is 14.1. The van der Waals surface area contributed by atoms with Crippen LogP contribution < -0.4 is 5.56 Å². The Morgan fingerprint density at radius 2 is 1.50 bits per heavy atom. The summed E-state index contributed by atoms with van der Waals surface area (Å²) in [6.45, 7) is 3.03. The van der Waals surface area contributed by atoms with E-state index in [0.717, 1.165) is 18.4 Å². The Bertz CT molecular complexity index is 1260. The molecule has 2 unspecified atom stereocenters. The van der Waals surface area contributed by atoms with Gasteiger partial charge in [0.05, 0.1) is 23.6 Å². The highest BCUT2D eigenvalue weighted by Gasteiger charge is 2.45. The van der Waals surface area contributed by atoms with Crippen LogP contribution in [-0.2, 0) is 9.53 Å². The van der Waals surface area contributed by atoms with Crippen LogP contribution in [0.4, 0.5) is 0 Å². The second kappa shape index (κ2) is 12.0. The van der Waals surface area contributed by atoms with Gasteiger partial charge in [-0.05, 0) is 70.4 Å². The molecule has 0 spiro atoms. The van der Waals surface area contributed by atoms with Gasteiger partial charge in [-0.3, -0.25) is 19.3 Å². The molecule has 4 fully saturated rings. The van der Waals surface area contributed by atoms with E-state index in [-0.39, 0.29) is 35.1 Å². The lowest BCUT2D eigenvalue weighted by Gasteiger charge is -2.45. The van der Waals surface area contributed by atoms with Gasteiger partial charge in [-0.2, -0.15) is 0 Å². The van der Waals surface area contributed by atoms with E-state index in [2.05, 4.69) is 9.88 Å². The van der Waals surface area contributed by atoms with Gasteiger partial charge in [-0.15, -0.1) is 0 Å². The number of piperidine rings is 2. The highest BCUT2D eigenvalue weighted by atomic mass is 16.5. The van der Waals surface area contributed by atoms with Crippen molar-refractivity contribution < 1.29 is 14.3 Å². The summed E-state index contributed by atoms with van der Waals surface area (Å²) in [6.07, 6.45) is 14.8. The number of hydrogen-bond acceptors (Lipinski definition) is 6. The van der Waals surface area contributed by atoms with Crippen molar-refractivity contribution in [1.82, 2.24) is 19.4 Å². The predicted octanol–water partition coefficient (Wildman–Crippen LogP) is 5.09. The van der Waals surface area contributed by atoms with E-state index in [0.29, 0.717) is 56.2 Å². The molecule has 2 bridgehead atoms. The fourth-order valence-corrected chi connectivity index (χ4v) is 8.11. The number of fused-ring (bicyclic) bond motifs is 3. The van der Waals surface area contributed by atoms with Crippen molar-refractivity contribution >= 4 is 22.9 Å². The molecule has 40 heavy (non-hydrogen) atoms. The summed E-state index contributed by atoms with van der Waals surface area (Å²) in [5.41, 5.74) is 1.28. The second-order valence-electron chi connectivity index (χ2n) is 12.4. The summed E-state index contributed by atoms with van der Waals surface area (Å²) in [6, 6.07) is 9.53. The van der Waals surface area contributed by atoms with Crippen LogP contribution in [-0.4, -0.2) is 69.0 Å². The number of carbonyl (C=O) groups is 2. The molecule has 1 aromatic carbocycles. The highest BCUT2D eigenvalue weighted by molar-refractivity contribution is 5.94. The fraction of sp³-hybridized carbons (Fsp3) is 0.688. The molecule has 0 N–H and O–H groups in total. The molecule has 3 aliphatic heterocycles. The van der Waals surface area contributed by atoms with Gasteiger partial charge < -0.3 is 14.2 Å². The van der Waals surface area contributed by atoms with E-state index in [1.807, 2.05) is 28.8 Å². The largest absolute Gasteiger partial charge is 0.466 e. The van der Waals surface area contributed by atoms with Crippen LogP contribution in [0.2, 0.25) is 0 Å². The van der Waals surface area contributed by atoms with Crippen LogP contribution >= 0.6 is 0 Å². The normalized spacial score (nSPS) is 26.9. The molecular weight excluding hydrogens is 504 g/mol. The Hall–Kier alpha value is -2.74.